The first-order valence-corrected chi connectivity index (χ1v) is 8.73. The largest absolute Gasteiger partial charge is 0.465 e. The zero-order chi connectivity index (χ0) is 17.0. The average molecular weight is 354 g/mol. The Morgan fingerprint density at radius 1 is 1.17 bits per heavy atom. The van der Waals surface area contributed by atoms with Gasteiger partial charge >= 0.3 is 5.97 Å². The summed E-state index contributed by atoms with van der Waals surface area (Å²) in [5.41, 5.74) is 1.37. The summed E-state index contributed by atoms with van der Waals surface area (Å²) in [6.07, 6.45) is 0.827. The highest BCUT2D eigenvalue weighted by atomic mass is 35.5. The van der Waals surface area contributed by atoms with Crippen LogP contribution in [0.15, 0.2) is 47.4 Å². The molecular formula is C16H16ClNO4S. The van der Waals surface area contributed by atoms with Crippen LogP contribution in [0.2, 0.25) is 5.02 Å². The second-order valence-corrected chi connectivity index (χ2v) is 6.88. The van der Waals surface area contributed by atoms with Crippen LogP contribution in [0, 0.1) is 0 Å². The molecule has 0 aliphatic rings. The highest BCUT2D eigenvalue weighted by Gasteiger charge is 2.17. The second-order valence-electron chi connectivity index (χ2n) is 4.79. The average Bonchev–Trinajstić information content (AvgIpc) is 2.55. The maximum atomic E-state index is 12.4. The number of hydrogen-bond donors (Lipinski definition) is 1. The molecule has 0 aliphatic heterocycles. The zero-order valence-electron chi connectivity index (χ0n) is 12.7. The van der Waals surface area contributed by atoms with Gasteiger partial charge in [0.25, 0.3) is 10.0 Å². The van der Waals surface area contributed by atoms with Crippen molar-refractivity contribution < 1.29 is 17.9 Å². The molecule has 23 heavy (non-hydrogen) atoms. The number of anilines is 1. The van der Waals surface area contributed by atoms with E-state index in [0.717, 1.165) is 12.0 Å². The van der Waals surface area contributed by atoms with Crippen LogP contribution >= 0.6 is 11.6 Å². The lowest BCUT2D eigenvalue weighted by molar-refractivity contribution is 0.0601. The molecule has 2 rings (SSSR count). The second kappa shape index (κ2) is 7.02. The fourth-order valence-corrected chi connectivity index (χ4v) is 3.22. The van der Waals surface area contributed by atoms with Crippen LogP contribution in [-0.2, 0) is 21.2 Å². The number of halogens is 1. The van der Waals surface area contributed by atoms with Gasteiger partial charge in [-0.15, -0.1) is 0 Å². The van der Waals surface area contributed by atoms with E-state index in [-0.39, 0.29) is 21.2 Å². The maximum Gasteiger partial charge on any atom is 0.339 e. The van der Waals surface area contributed by atoms with Crippen molar-refractivity contribution in [3.8, 4) is 0 Å². The minimum Gasteiger partial charge on any atom is -0.465 e. The van der Waals surface area contributed by atoms with Gasteiger partial charge in [0.05, 0.1) is 22.6 Å². The molecule has 0 aliphatic carbocycles. The van der Waals surface area contributed by atoms with Crippen LogP contribution in [0.5, 0.6) is 0 Å². The summed E-state index contributed by atoms with van der Waals surface area (Å²) >= 11 is 5.91. The topological polar surface area (TPSA) is 72.5 Å². The van der Waals surface area contributed by atoms with E-state index >= 15 is 0 Å². The number of rotatable bonds is 5. The van der Waals surface area contributed by atoms with E-state index in [1.807, 2.05) is 6.92 Å². The third-order valence-corrected chi connectivity index (χ3v) is 4.99. The molecule has 0 amide bonds. The molecular weight excluding hydrogens is 338 g/mol. The Labute approximate surface area is 140 Å². The van der Waals surface area contributed by atoms with E-state index in [4.69, 9.17) is 11.6 Å². The van der Waals surface area contributed by atoms with Crippen LogP contribution in [0.25, 0.3) is 0 Å². The Hall–Kier alpha value is -2.05. The quantitative estimate of drug-likeness (QED) is 0.835. The van der Waals surface area contributed by atoms with Gasteiger partial charge < -0.3 is 4.74 Å². The monoisotopic (exact) mass is 353 g/mol. The number of ether oxygens (including phenoxy) is 1. The Morgan fingerprint density at radius 2 is 1.83 bits per heavy atom. The van der Waals surface area contributed by atoms with E-state index in [1.165, 1.54) is 37.4 Å². The molecule has 2 aromatic carbocycles. The molecule has 1 N–H and O–H groups in total. The fourth-order valence-electron chi connectivity index (χ4n) is 1.97. The van der Waals surface area contributed by atoms with Gasteiger partial charge in [-0.2, -0.15) is 0 Å². The number of esters is 1. The van der Waals surface area contributed by atoms with Crippen molar-refractivity contribution >= 4 is 33.3 Å². The number of sulfonamides is 1. The molecule has 0 atom stereocenters. The molecule has 0 spiro atoms. The van der Waals surface area contributed by atoms with Crippen molar-refractivity contribution in [1.82, 2.24) is 0 Å². The van der Waals surface area contributed by atoms with Crippen LogP contribution in [0.3, 0.4) is 0 Å². The Balaban J connectivity index is 2.31. The summed E-state index contributed by atoms with van der Waals surface area (Å²) in [6, 6.07) is 10.9. The first kappa shape index (κ1) is 17.3. The molecule has 0 heterocycles. The van der Waals surface area contributed by atoms with Gasteiger partial charge in [0.2, 0.25) is 0 Å². The van der Waals surface area contributed by atoms with Crippen molar-refractivity contribution in [2.45, 2.75) is 18.2 Å². The fraction of sp³-hybridized carbons (Fsp3) is 0.188. The minimum atomic E-state index is -3.75. The van der Waals surface area contributed by atoms with Crippen molar-refractivity contribution in [2.75, 3.05) is 11.8 Å². The molecule has 0 saturated carbocycles. The lowest BCUT2D eigenvalue weighted by atomic mass is 10.2. The summed E-state index contributed by atoms with van der Waals surface area (Å²) in [4.78, 5) is 11.8. The molecule has 0 radical (unpaired) electrons. The molecule has 0 unspecified atom stereocenters. The van der Waals surface area contributed by atoms with Gasteiger partial charge in [0.1, 0.15) is 0 Å². The van der Waals surface area contributed by atoms with Crippen LogP contribution in [0.4, 0.5) is 5.69 Å². The van der Waals surface area contributed by atoms with Crippen molar-refractivity contribution in [3.63, 3.8) is 0 Å². The van der Waals surface area contributed by atoms with E-state index < -0.39 is 16.0 Å². The Morgan fingerprint density at radius 3 is 2.39 bits per heavy atom. The van der Waals surface area contributed by atoms with Crippen LogP contribution < -0.4 is 4.72 Å². The first-order chi connectivity index (χ1) is 10.9. The number of aryl methyl sites for hydroxylation is 1. The molecule has 0 aromatic heterocycles. The molecule has 7 heteroatoms. The predicted octanol–water partition coefficient (Wildman–Crippen LogP) is 3.49. The number of benzene rings is 2. The molecule has 0 fully saturated rings. The molecule has 0 saturated heterocycles. The summed E-state index contributed by atoms with van der Waals surface area (Å²) in [6.45, 7) is 1.99. The van der Waals surface area contributed by atoms with E-state index in [9.17, 15) is 13.2 Å². The SMILES string of the molecule is CCc1ccc(S(=O)(=O)Nc2ccc(Cl)c(C(=O)OC)c2)cc1. The lowest BCUT2D eigenvalue weighted by Gasteiger charge is -2.10. The molecule has 2 aromatic rings. The minimum absolute atomic E-state index is 0.0932. The number of carbonyl (C=O) groups is 1. The van der Waals surface area contributed by atoms with Gasteiger partial charge in [-0.1, -0.05) is 30.7 Å². The maximum absolute atomic E-state index is 12.4. The lowest BCUT2D eigenvalue weighted by Crippen LogP contribution is -2.13. The van der Waals surface area contributed by atoms with Crippen LogP contribution in [-0.4, -0.2) is 21.5 Å². The van der Waals surface area contributed by atoms with Crippen LogP contribution in [0.1, 0.15) is 22.8 Å². The standard InChI is InChI=1S/C16H16ClNO4S/c1-3-11-4-7-13(8-5-11)23(20,21)18-12-6-9-15(17)14(10-12)16(19)22-2/h4-10,18H,3H2,1-2H3. The molecule has 0 bridgehead atoms. The third-order valence-electron chi connectivity index (χ3n) is 3.27. The summed E-state index contributed by atoms with van der Waals surface area (Å²) in [7, 11) is -2.52. The normalized spacial score (nSPS) is 11.1. The van der Waals surface area contributed by atoms with Gasteiger partial charge in [-0.05, 0) is 42.3 Å². The number of nitrogens with one attached hydrogen (secondary N) is 1. The van der Waals surface area contributed by atoms with Gasteiger partial charge in [-0.3, -0.25) is 4.72 Å². The predicted molar refractivity (Wildman–Crippen MR) is 89.4 cm³/mol. The zero-order valence-corrected chi connectivity index (χ0v) is 14.2. The molecule has 5 nitrogen and oxygen atoms in total. The first-order valence-electron chi connectivity index (χ1n) is 6.87. The van der Waals surface area contributed by atoms with E-state index in [2.05, 4.69) is 9.46 Å². The van der Waals surface area contributed by atoms with Crippen molar-refractivity contribution in [1.29, 1.82) is 0 Å². The third kappa shape index (κ3) is 4.03. The van der Waals surface area contributed by atoms with Crippen molar-refractivity contribution in [3.05, 3.63) is 58.6 Å². The van der Waals surface area contributed by atoms with Gasteiger partial charge in [-0.25, -0.2) is 13.2 Å². The Kier molecular flexibility index (Phi) is 5.28. The molecule has 122 valence electrons. The van der Waals surface area contributed by atoms with Crippen molar-refractivity contribution in [2.24, 2.45) is 0 Å². The number of carbonyl (C=O) groups excluding carboxylic acids is 1. The Bertz CT molecular complexity index is 816. The van der Waals surface area contributed by atoms with E-state index in [0.29, 0.717) is 0 Å². The smallest absolute Gasteiger partial charge is 0.339 e. The van der Waals surface area contributed by atoms with Gasteiger partial charge in [0.15, 0.2) is 0 Å². The number of hydrogen-bond acceptors (Lipinski definition) is 4. The highest BCUT2D eigenvalue weighted by Crippen LogP contribution is 2.23. The highest BCUT2D eigenvalue weighted by molar-refractivity contribution is 7.92. The number of methoxy groups -OCH3 is 1. The summed E-state index contributed by atoms with van der Waals surface area (Å²) < 4.78 is 31.8. The summed E-state index contributed by atoms with van der Waals surface area (Å²) in [5, 5.41) is 0.187. The summed E-state index contributed by atoms with van der Waals surface area (Å²) in [5.74, 6) is -0.636. The van der Waals surface area contributed by atoms with Gasteiger partial charge in [0, 0.05) is 5.69 Å². The van der Waals surface area contributed by atoms with E-state index in [1.54, 1.807) is 12.1 Å².